The first kappa shape index (κ1) is 11.5. The van der Waals surface area contributed by atoms with Crippen molar-refractivity contribution in [1.29, 1.82) is 0 Å². The third kappa shape index (κ3) is 2.98. The number of rotatable bonds is 4. The van der Waals surface area contributed by atoms with E-state index in [1.807, 2.05) is 24.0 Å². The predicted molar refractivity (Wildman–Crippen MR) is 66.6 cm³/mol. The number of aryl methyl sites for hydroxylation is 1. The number of aromatic nitrogens is 2. The summed E-state index contributed by atoms with van der Waals surface area (Å²) in [4.78, 5) is 2.49. The van der Waals surface area contributed by atoms with Crippen molar-refractivity contribution in [2.24, 2.45) is 7.05 Å². The Morgan fingerprint density at radius 2 is 2.31 bits per heavy atom. The van der Waals surface area contributed by atoms with Crippen molar-refractivity contribution in [2.45, 2.75) is 31.7 Å². The normalized spacial score (nSPS) is 22.2. The van der Waals surface area contributed by atoms with Gasteiger partial charge in [-0.1, -0.05) is 6.42 Å². The van der Waals surface area contributed by atoms with Gasteiger partial charge in [0.15, 0.2) is 0 Å². The molecule has 0 radical (unpaired) electrons. The van der Waals surface area contributed by atoms with Crippen LogP contribution in [-0.2, 0) is 7.05 Å². The van der Waals surface area contributed by atoms with Crippen molar-refractivity contribution in [1.82, 2.24) is 14.7 Å². The monoisotopic (exact) mass is 222 g/mol. The molecule has 0 saturated carbocycles. The first-order valence-corrected chi connectivity index (χ1v) is 6.19. The van der Waals surface area contributed by atoms with E-state index in [2.05, 4.69) is 22.4 Å². The minimum Gasteiger partial charge on any atom is -0.369 e. The van der Waals surface area contributed by atoms with Crippen LogP contribution in [-0.4, -0.2) is 40.9 Å². The van der Waals surface area contributed by atoms with Crippen LogP contribution in [0, 0.1) is 0 Å². The lowest BCUT2D eigenvalue weighted by Gasteiger charge is -2.32. The fraction of sp³-hybridized carbons (Fsp3) is 0.750. The van der Waals surface area contributed by atoms with E-state index in [-0.39, 0.29) is 0 Å². The summed E-state index contributed by atoms with van der Waals surface area (Å²) in [5, 5.41) is 7.68. The van der Waals surface area contributed by atoms with E-state index in [4.69, 9.17) is 0 Å². The Bertz CT molecular complexity index is 321. The molecule has 2 heterocycles. The number of piperidine rings is 1. The zero-order valence-corrected chi connectivity index (χ0v) is 10.3. The second-order valence-corrected chi connectivity index (χ2v) is 4.72. The molecule has 0 spiro atoms. The highest BCUT2D eigenvalue weighted by Gasteiger charge is 2.17. The van der Waals surface area contributed by atoms with Gasteiger partial charge in [-0.25, -0.2) is 0 Å². The van der Waals surface area contributed by atoms with Crippen molar-refractivity contribution in [3.63, 3.8) is 0 Å². The van der Waals surface area contributed by atoms with Crippen LogP contribution >= 0.6 is 0 Å². The largest absolute Gasteiger partial charge is 0.369 e. The number of hydrogen-bond donors (Lipinski definition) is 1. The average Bonchev–Trinajstić information content (AvgIpc) is 2.67. The Balaban J connectivity index is 1.71. The molecular weight excluding hydrogens is 200 g/mol. The van der Waals surface area contributed by atoms with Crippen LogP contribution in [0.1, 0.15) is 25.7 Å². The van der Waals surface area contributed by atoms with Gasteiger partial charge in [0.25, 0.3) is 0 Å². The standard InChI is InChI=1S/C12H22N4/c1-15-9-4-3-5-11(15)6-8-13-12-7-10-16(2)14-12/h7,10-11H,3-6,8-9H2,1-2H3,(H,13,14). The summed E-state index contributed by atoms with van der Waals surface area (Å²) in [6.07, 6.45) is 7.28. The fourth-order valence-electron chi connectivity index (χ4n) is 2.39. The highest BCUT2D eigenvalue weighted by Crippen LogP contribution is 2.17. The molecule has 0 bridgehead atoms. The van der Waals surface area contributed by atoms with Crippen molar-refractivity contribution in [3.05, 3.63) is 12.3 Å². The first-order chi connectivity index (χ1) is 7.75. The van der Waals surface area contributed by atoms with Gasteiger partial charge in [0.05, 0.1) is 0 Å². The van der Waals surface area contributed by atoms with E-state index >= 15 is 0 Å². The quantitative estimate of drug-likeness (QED) is 0.842. The summed E-state index contributed by atoms with van der Waals surface area (Å²) in [7, 11) is 4.19. The molecule has 1 fully saturated rings. The van der Waals surface area contributed by atoms with Gasteiger partial charge in [-0.3, -0.25) is 4.68 Å². The van der Waals surface area contributed by atoms with Crippen molar-refractivity contribution in [2.75, 3.05) is 25.5 Å². The Labute approximate surface area is 97.6 Å². The molecule has 0 aromatic carbocycles. The lowest BCUT2D eigenvalue weighted by atomic mass is 10.0. The van der Waals surface area contributed by atoms with Crippen LogP contribution in [0.15, 0.2) is 12.3 Å². The molecule has 2 rings (SSSR count). The van der Waals surface area contributed by atoms with Gasteiger partial charge in [0.2, 0.25) is 0 Å². The summed E-state index contributed by atoms with van der Waals surface area (Å²) in [6, 6.07) is 2.77. The summed E-state index contributed by atoms with van der Waals surface area (Å²) in [5.41, 5.74) is 0. The molecule has 1 saturated heterocycles. The topological polar surface area (TPSA) is 33.1 Å². The zero-order valence-electron chi connectivity index (χ0n) is 10.3. The molecular formula is C12H22N4. The molecule has 0 aliphatic carbocycles. The Morgan fingerprint density at radius 3 is 3.00 bits per heavy atom. The molecule has 1 aliphatic heterocycles. The number of nitrogens with zero attached hydrogens (tertiary/aromatic N) is 3. The van der Waals surface area contributed by atoms with E-state index in [0.29, 0.717) is 0 Å². The van der Waals surface area contributed by atoms with E-state index < -0.39 is 0 Å². The molecule has 4 nitrogen and oxygen atoms in total. The lowest BCUT2D eigenvalue weighted by Crippen LogP contribution is -2.37. The van der Waals surface area contributed by atoms with Crippen LogP contribution in [0.3, 0.4) is 0 Å². The molecule has 1 N–H and O–H groups in total. The smallest absolute Gasteiger partial charge is 0.147 e. The van der Waals surface area contributed by atoms with Gasteiger partial charge in [-0.05, 0) is 32.9 Å². The number of anilines is 1. The summed E-state index contributed by atoms with van der Waals surface area (Å²) < 4.78 is 1.83. The van der Waals surface area contributed by atoms with Gasteiger partial charge in [-0.2, -0.15) is 5.10 Å². The highest BCUT2D eigenvalue weighted by molar-refractivity contribution is 5.31. The van der Waals surface area contributed by atoms with Gasteiger partial charge >= 0.3 is 0 Å². The number of likely N-dealkylation sites (tertiary alicyclic amines) is 1. The van der Waals surface area contributed by atoms with Crippen molar-refractivity contribution < 1.29 is 0 Å². The lowest BCUT2D eigenvalue weighted by molar-refractivity contribution is 0.179. The third-order valence-corrected chi connectivity index (χ3v) is 3.42. The third-order valence-electron chi connectivity index (χ3n) is 3.42. The van der Waals surface area contributed by atoms with Crippen LogP contribution in [0.2, 0.25) is 0 Å². The molecule has 1 atom stereocenters. The maximum Gasteiger partial charge on any atom is 0.147 e. The van der Waals surface area contributed by atoms with Crippen LogP contribution in [0.4, 0.5) is 5.82 Å². The summed E-state index contributed by atoms with van der Waals surface area (Å²) in [6.45, 7) is 2.28. The Hall–Kier alpha value is -1.03. The molecule has 16 heavy (non-hydrogen) atoms. The van der Waals surface area contributed by atoms with E-state index in [0.717, 1.165) is 18.4 Å². The molecule has 1 aromatic heterocycles. The SMILES string of the molecule is CN1CCCCC1CCNc1ccn(C)n1. The Morgan fingerprint density at radius 1 is 1.44 bits per heavy atom. The first-order valence-electron chi connectivity index (χ1n) is 6.19. The van der Waals surface area contributed by atoms with E-state index in [9.17, 15) is 0 Å². The van der Waals surface area contributed by atoms with Crippen molar-refractivity contribution >= 4 is 5.82 Å². The molecule has 1 aliphatic rings. The van der Waals surface area contributed by atoms with Gasteiger partial charge < -0.3 is 10.2 Å². The molecule has 1 unspecified atom stereocenters. The minimum absolute atomic E-state index is 0.755. The number of hydrogen-bond acceptors (Lipinski definition) is 3. The second kappa shape index (κ2) is 5.34. The molecule has 1 aromatic rings. The van der Waals surface area contributed by atoms with Crippen molar-refractivity contribution in [3.8, 4) is 0 Å². The van der Waals surface area contributed by atoms with Gasteiger partial charge in [0.1, 0.15) is 5.82 Å². The van der Waals surface area contributed by atoms with E-state index in [1.165, 1.54) is 32.2 Å². The summed E-state index contributed by atoms with van der Waals surface area (Å²) in [5.74, 6) is 0.987. The predicted octanol–water partition coefficient (Wildman–Crippen LogP) is 1.71. The highest BCUT2D eigenvalue weighted by atomic mass is 15.3. The minimum atomic E-state index is 0.755. The molecule has 4 heteroatoms. The number of nitrogens with one attached hydrogen (secondary N) is 1. The Kier molecular flexibility index (Phi) is 3.83. The maximum absolute atomic E-state index is 4.30. The van der Waals surface area contributed by atoms with E-state index in [1.54, 1.807) is 0 Å². The van der Waals surface area contributed by atoms with Gasteiger partial charge in [0, 0.05) is 31.9 Å². The second-order valence-electron chi connectivity index (χ2n) is 4.72. The van der Waals surface area contributed by atoms with Gasteiger partial charge in [-0.15, -0.1) is 0 Å². The summed E-state index contributed by atoms with van der Waals surface area (Å²) >= 11 is 0. The maximum atomic E-state index is 4.30. The molecule has 90 valence electrons. The average molecular weight is 222 g/mol. The molecule has 0 amide bonds. The zero-order chi connectivity index (χ0) is 11.4. The van der Waals surface area contributed by atoms with Crippen LogP contribution in [0.25, 0.3) is 0 Å². The fourth-order valence-corrected chi connectivity index (χ4v) is 2.39. The van der Waals surface area contributed by atoms with Crippen LogP contribution < -0.4 is 5.32 Å². The van der Waals surface area contributed by atoms with Crippen LogP contribution in [0.5, 0.6) is 0 Å².